The van der Waals surface area contributed by atoms with Gasteiger partial charge in [0.1, 0.15) is 0 Å². The Kier molecular flexibility index (Phi) is 6.03. The van der Waals surface area contributed by atoms with E-state index >= 15 is 0 Å². The first-order valence-electron chi connectivity index (χ1n) is 10.1. The molecule has 27 heavy (non-hydrogen) atoms. The molecule has 2 heterocycles. The van der Waals surface area contributed by atoms with E-state index in [-0.39, 0.29) is 0 Å². The minimum absolute atomic E-state index is 0.384. The number of likely N-dealkylation sites (tertiary alicyclic amines) is 2. The first-order valence-corrected chi connectivity index (χ1v) is 10.1. The summed E-state index contributed by atoms with van der Waals surface area (Å²) in [4.78, 5) is 26.2. The van der Waals surface area contributed by atoms with Crippen LogP contribution in [-0.2, 0) is 9.59 Å². The van der Waals surface area contributed by atoms with E-state index in [1.165, 1.54) is 58.0 Å². The van der Waals surface area contributed by atoms with Gasteiger partial charge in [0.25, 0.3) is 0 Å². The number of hydrogen-bond donors (Lipinski definition) is 1. The van der Waals surface area contributed by atoms with Crippen molar-refractivity contribution in [3.8, 4) is 0 Å². The van der Waals surface area contributed by atoms with Crippen LogP contribution in [-0.4, -0.2) is 64.7 Å². The predicted molar refractivity (Wildman–Crippen MR) is 93.1 cm³/mol. The molecule has 0 aromatic rings. The molecule has 2 aliphatic heterocycles. The Bertz CT molecular complexity index is 551. The molecule has 4 fully saturated rings. The number of rotatable bonds is 3. The van der Waals surface area contributed by atoms with Gasteiger partial charge in [-0.25, -0.2) is 4.79 Å². The Morgan fingerprint density at radius 3 is 2.00 bits per heavy atom. The smallest absolute Gasteiger partial charge is 0.475 e. The van der Waals surface area contributed by atoms with E-state index in [4.69, 9.17) is 9.90 Å². The van der Waals surface area contributed by atoms with E-state index in [0.717, 1.165) is 31.8 Å². The average Bonchev–Trinajstić information content (AvgIpc) is 3.29. The Hall–Kier alpha value is -1.31. The molecule has 0 aromatic heterocycles. The van der Waals surface area contributed by atoms with Crippen LogP contribution in [0.1, 0.15) is 57.8 Å². The highest BCUT2D eigenvalue weighted by Crippen LogP contribution is 2.42. The molecule has 4 rings (SSSR count). The van der Waals surface area contributed by atoms with Gasteiger partial charge in [0.15, 0.2) is 0 Å². The number of hydrogen-bond acceptors (Lipinski definition) is 3. The van der Waals surface area contributed by atoms with Crippen LogP contribution >= 0.6 is 0 Å². The number of carboxylic acid groups (broad SMARTS) is 1. The van der Waals surface area contributed by atoms with Crippen LogP contribution in [0.2, 0.25) is 0 Å². The van der Waals surface area contributed by atoms with Gasteiger partial charge in [0.05, 0.1) is 0 Å². The molecular formula is C19H29F3N2O3. The van der Waals surface area contributed by atoms with Gasteiger partial charge in [-0.2, -0.15) is 13.2 Å². The minimum Gasteiger partial charge on any atom is -0.475 e. The third kappa shape index (κ3) is 4.95. The van der Waals surface area contributed by atoms with Gasteiger partial charge in [-0.15, -0.1) is 0 Å². The second-order valence-corrected chi connectivity index (χ2v) is 8.47. The molecule has 2 saturated carbocycles. The van der Waals surface area contributed by atoms with Gasteiger partial charge in [-0.1, -0.05) is 6.42 Å². The zero-order chi connectivity index (χ0) is 19.7. The maximum atomic E-state index is 12.4. The highest BCUT2D eigenvalue weighted by molar-refractivity contribution is 5.79. The van der Waals surface area contributed by atoms with E-state index < -0.39 is 12.1 Å². The lowest BCUT2D eigenvalue weighted by Gasteiger charge is -2.46. The number of alkyl halides is 3. The summed E-state index contributed by atoms with van der Waals surface area (Å²) < 4.78 is 31.7. The van der Waals surface area contributed by atoms with Crippen LogP contribution in [0.5, 0.6) is 0 Å². The van der Waals surface area contributed by atoms with Crippen molar-refractivity contribution in [3.63, 3.8) is 0 Å². The van der Waals surface area contributed by atoms with Gasteiger partial charge < -0.3 is 10.0 Å². The van der Waals surface area contributed by atoms with E-state index in [9.17, 15) is 18.0 Å². The second kappa shape index (κ2) is 7.97. The summed E-state index contributed by atoms with van der Waals surface area (Å²) in [5.74, 6) is -0.903. The number of halogens is 3. The van der Waals surface area contributed by atoms with Crippen molar-refractivity contribution in [2.24, 2.45) is 11.8 Å². The highest BCUT2D eigenvalue weighted by atomic mass is 19.4. The number of carbonyl (C=O) groups excluding carboxylic acids is 1. The van der Waals surface area contributed by atoms with E-state index in [1.54, 1.807) is 0 Å². The molecule has 0 aromatic carbocycles. The van der Waals surface area contributed by atoms with Crippen molar-refractivity contribution < 1.29 is 27.9 Å². The topological polar surface area (TPSA) is 60.9 Å². The lowest BCUT2D eigenvalue weighted by atomic mass is 9.81. The number of carboxylic acids is 1. The standard InChI is InChI=1S/C17H28N2O.C2HF3O2/c20-16(15-3-1-4-15)18-11-8-17(9-12-18)7-2-10-19(17)13-14-5-6-14;3-2(4,5)1(6)7/h14-15H,1-13H2;(H,6,7). The fourth-order valence-corrected chi connectivity index (χ4v) is 4.51. The molecule has 1 spiro atoms. The summed E-state index contributed by atoms with van der Waals surface area (Å²) in [6.45, 7) is 4.71. The summed E-state index contributed by atoms with van der Waals surface area (Å²) >= 11 is 0. The fourth-order valence-electron chi connectivity index (χ4n) is 4.51. The molecule has 5 nitrogen and oxygen atoms in total. The highest BCUT2D eigenvalue weighted by Gasteiger charge is 2.45. The lowest BCUT2D eigenvalue weighted by Crippen LogP contribution is -2.54. The minimum atomic E-state index is -5.08. The summed E-state index contributed by atoms with van der Waals surface area (Å²) in [5, 5.41) is 7.12. The zero-order valence-electron chi connectivity index (χ0n) is 15.6. The van der Waals surface area contributed by atoms with Crippen molar-refractivity contribution in [1.29, 1.82) is 0 Å². The zero-order valence-corrected chi connectivity index (χ0v) is 15.6. The normalized spacial score (nSPS) is 25.7. The molecule has 8 heteroatoms. The van der Waals surface area contributed by atoms with Crippen molar-refractivity contribution >= 4 is 11.9 Å². The van der Waals surface area contributed by atoms with Crippen molar-refractivity contribution in [2.45, 2.75) is 69.5 Å². The van der Waals surface area contributed by atoms with Gasteiger partial charge in [0.2, 0.25) is 5.91 Å². The van der Waals surface area contributed by atoms with Crippen LogP contribution in [0.4, 0.5) is 13.2 Å². The number of carbonyl (C=O) groups is 2. The van der Waals surface area contributed by atoms with E-state index in [1.807, 2.05) is 0 Å². The third-order valence-electron chi connectivity index (χ3n) is 6.62. The molecule has 0 bridgehead atoms. The first-order chi connectivity index (χ1) is 12.7. The summed E-state index contributed by atoms with van der Waals surface area (Å²) in [6.07, 6.45) is 6.62. The number of aliphatic carboxylic acids is 1. The third-order valence-corrected chi connectivity index (χ3v) is 6.62. The molecule has 1 N–H and O–H groups in total. The van der Waals surface area contributed by atoms with Crippen LogP contribution in [0, 0.1) is 11.8 Å². The number of piperidine rings is 1. The van der Waals surface area contributed by atoms with E-state index in [0.29, 0.717) is 17.4 Å². The molecule has 2 aliphatic carbocycles. The summed E-state index contributed by atoms with van der Waals surface area (Å²) in [7, 11) is 0. The largest absolute Gasteiger partial charge is 0.490 e. The Labute approximate surface area is 157 Å². The number of nitrogens with zero attached hydrogens (tertiary/aromatic N) is 2. The Morgan fingerprint density at radius 1 is 0.963 bits per heavy atom. The first kappa shape index (κ1) is 20.4. The van der Waals surface area contributed by atoms with Gasteiger partial charge in [-0.05, 0) is 63.8 Å². The summed E-state index contributed by atoms with van der Waals surface area (Å²) in [5.41, 5.74) is 0.471. The average molecular weight is 390 g/mol. The number of amides is 1. The SMILES string of the molecule is O=C(C1CCC1)N1CCC2(CCCN2CC2CC2)CC1.O=C(O)C(F)(F)F. The molecule has 0 atom stereocenters. The lowest BCUT2D eigenvalue weighted by molar-refractivity contribution is -0.192. The maximum absolute atomic E-state index is 12.4. The predicted octanol–water partition coefficient (Wildman–Crippen LogP) is 3.29. The summed E-state index contributed by atoms with van der Waals surface area (Å²) in [6, 6.07) is 0. The van der Waals surface area contributed by atoms with Gasteiger partial charge in [-0.3, -0.25) is 9.69 Å². The quantitative estimate of drug-likeness (QED) is 0.803. The molecular weight excluding hydrogens is 361 g/mol. The van der Waals surface area contributed by atoms with Gasteiger partial charge in [0, 0.05) is 31.1 Å². The monoisotopic (exact) mass is 390 g/mol. The van der Waals surface area contributed by atoms with Crippen LogP contribution in [0.15, 0.2) is 0 Å². The molecule has 154 valence electrons. The Morgan fingerprint density at radius 2 is 1.56 bits per heavy atom. The van der Waals surface area contributed by atoms with Crippen molar-refractivity contribution in [3.05, 3.63) is 0 Å². The molecule has 0 unspecified atom stereocenters. The molecule has 1 amide bonds. The van der Waals surface area contributed by atoms with Crippen molar-refractivity contribution in [2.75, 3.05) is 26.2 Å². The Balaban J connectivity index is 0.000000260. The van der Waals surface area contributed by atoms with E-state index in [2.05, 4.69) is 9.80 Å². The molecule has 0 radical (unpaired) electrons. The van der Waals surface area contributed by atoms with Crippen molar-refractivity contribution in [1.82, 2.24) is 9.80 Å². The molecule has 4 aliphatic rings. The van der Waals surface area contributed by atoms with Crippen LogP contribution < -0.4 is 0 Å². The van der Waals surface area contributed by atoms with Crippen LogP contribution in [0.25, 0.3) is 0 Å². The van der Waals surface area contributed by atoms with Gasteiger partial charge >= 0.3 is 12.1 Å². The fraction of sp³-hybridized carbons (Fsp3) is 0.895. The second-order valence-electron chi connectivity index (χ2n) is 8.47. The van der Waals surface area contributed by atoms with Crippen LogP contribution in [0.3, 0.4) is 0 Å². The molecule has 2 saturated heterocycles. The maximum Gasteiger partial charge on any atom is 0.490 e.